The highest BCUT2D eigenvalue weighted by Gasteiger charge is 2.10. The largest absolute Gasteiger partial charge is 0.505 e. The monoisotopic (exact) mass is 393 g/mol. The predicted octanol–water partition coefficient (Wildman–Crippen LogP) is 2.50. The van der Waals surface area contributed by atoms with Crippen LogP contribution in [0, 0.1) is 12.7 Å². The van der Waals surface area contributed by atoms with E-state index in [1.807, 2.05) is 6.92 Å². The van der Waals surface area contributed by atoms with Crippen molar-refractivity contribution >= 4 is 15.8 Å². The molecule has 146 valence electrons. The molecule has 0 aromatic heterocycles. The van der Waals surface area contributed by atoms with Crippen LogP contribution in [0.25, 0.3) is 0 Å². The Bertz CT molecular complexity index is 943. The van der Waals surface area contributed by atoms with Gasteiger partial charge < -0.3 is 15.7 Å². The molecule has 27 heavy (non-hydrogen) atoms. The number of aromatic hydroxyl groups is 1. The zero-order chi connectivity index (χ0) is 20.0. The number of nitrogens with zero attached hydrogens (tertiary/aromatic N) is 1. The molecule has 3 N–H and O–H groups in total. The van der Waals surface area contributed by atoms with E-state index in [1.54, 1.807) is 31.2 Å². The SMILES string of the molecule is CCNC(=NCc1ccc(S(C)(=O)=O)c(C)c1)NCc1ccc(O)c(F)c1. The maximum Gasteiger partial charge on any atom is 0.191 e. The topological polar surface area (TPSA) is 90.8 Å². The van der Waals surface area contributed by atoms with Crippen LogP contribution >= 0.6 is 0 Å². The average Bonchev–Trinajstić information content (AvgIpc) is 2.59. The molecular formula is C19H24FN3O3S. The van der Waals surface area contributed by atoms with Gasteiger partial charge in [0.25, 0.3) is 0 Å². The molecule has 0 saturated carbocycles. The van der Waals surface area contributed by atoms with Gasteiger partial charge in [0.1, 0.15) is 0 Å². The molecule has 8 heteroatoms. The third kappa shape index (κ3) is 5.96. The molecule has 0 aliphatic rings. The van der Waals surface area contributed by atoms with Gasteiger partial charge in [-0.3, -0.25) is 0 Å². The predicted molar refractivity (Wildman–Crippen MR) is 104 cm³/mol. The number of aliphatic imine (C=N–C) groups is 1. The first-order chi connectivity index (χ1) is 12.7. The molecule has 0 fully saturated rings. The molecule has 0 unspecified atom stereocenters. The summed E-state index contributed by atoms with van der Waals surface area (Å²) in [6.07, 6.45) is 1.19. The van der Waals surface area contributed by atoms with Gasteiger partial charge in [-0.05, 0) is 48.7 Å². The minimum atomic E-state index is -3.24. The van der Waals surface area contributed by atoms with E-state index in [1.165, 1.54) is 18.4 Å². The molecule has 0 saturated heterocycles. The summed E-state index contributed by atoms with van der Waals surface area (Å²) in [7, 11) is -3.24. The van der Waals surface area contributed by atoms with Crippen molar-refractivity contribution in [3.8, 4) is 5.75 Å². The first-order valence-corrected chi connectivity index (χ1v) is 10.4. The van der Waals surface area contributed by atoms with Crippen LogP contribution in [0.2, 0.25) is 0 Å². The van der Waals surface area contributed by atoms with Crippen molar-refractivity contribution in [1.82, 2.24) is 10.6 Å². The summed E-state index contributed by atoms with van der Waals surface area (Å²) >= 11 is 0. The summed E-state index contributed by atoms with van der Waals surface area (Å²) in [5.74, 6) is -0.499. The number of benzene rings is 2. The van der Waals surface area contributed by atoms with Gasteiger partial charge >= 0.3 is 0 Å². The number of phenolic OH excluding ortho intramolecular Hbond substituents is 1. The molecule has 0 atom stereocenters. The molecule has 0 aliphatic heterocycles. The Morgan fingerprint density at radius 2 is 1.85 bits per heavy atom. The second-order valence-electron chi connectivity index (χ2n) is 6.21. The number of hydrogen-bond donors (Lipinski definition) is 3. The Balaban J connectivity index is 2.08. The van der Waals surface area contributed by atoms with Crippen LogP contribution in [-0.4, -0.2) is 32.3 Å². The van der Waals surface area contributed by atoms with Crippen LogP contribution in [-0.2, 0) is 22.9 Å². The third-order valence-electron chi connectivity index (χ3n) is 3.87. The molecule has 0 heterocycles. The number of guanidine groups is 1. The molecular weight excluding hydrogens is 369 g/mol. The van der Waals surface area contributed by atoms with Crippen molar-refractivity contribution in [2.75, 3.05) is 12.8 Å². The van der Waals surface area contributed by atoms with Gasteiger partial charge in [0.05, 0.1) is 11.4 Å². The van der Waals surface area contributed by atoms with Gasteiger partial charge in [0.2, 0.25) is 0 Å². The lowest BCUT2D eigenvalue weighted by Crippen LogP contribution is -2.36. The van der Waals surface area contributed by atoms with Crippen LogP contribution in [0.4, 0.5) is 4.39 Å². The lowest BCUT2D eigenvalue weighted by Gasteiger charge is -2.12. The van der Waals surface area contributed by atoms with Crippen molar-refractivity contribution in [2.45, 2.75) is 31.8 Å². The minimum Gasteiger partial charge on any atom is -0.505 e. The number of sulfone groups is 1. The Labute approximate surface area is 159 Å². The van der Waals surface area contributed by atoms with Gasteiger partial charge in [-0.25, -0.2) is 17.8 Å². The van der Waals surface area contributed by atoms with E-state index >= 15 is 0 Å². The quantitative estimate of drug-likeness (QED) is 0.518. The zero-order valence-electron chi connectivity index (χ0n) is 15.6. The molecule has 2 aromatic rings. The van der Waals surface area contributed by atoms with Crippen molar-refractivity contribution in [3.63, 3.8) is 0 Å². The molecule has 0 radical (unpaired) electrons. The number of rotatable bonds is 6. The van der Waals surface area contributed by atoms with Crippen LogP contribution in [0.1, 0.15) is 23.6 Å². The van der Waals surface area contributed by atoms with Crippen molar-refractivity contribution in [3.05, 3.63) is 58.9 Å². The van der Waals surface area contributed by atoms with E-state index in [0.717, 1.165) is 5.56 Å². The highest BCUT2D eigenvalue weighted by molar-refractivity contribution is 7.90. The molecule has 2 rings (SSSR count). The average molecular weight is 393 g/mol. The van der Waals surface area contributed by atoms with E-state index < -0.39 is 15.7 Å². The second-order valence-corrected chi connectivity index (χ2v) is 8.19. The molecule has 0 spiro atoms. The Morgan fingerprint density at radius 3 is 2.44 bits per heavy atom. The Morgan fingerprint density at radius 1 is 1.15 bits per heavy atom. The van der Waals surface area contributed by atoms with Gasteiger partial charge in [0.15, 0.2) is 27.4 Å². The minimum absolute atomic E-state index is 0.314. The van der Waals surface area contributed by atoms with Crippen LogP contribution < -0.4 is 10.6 Å². The van der Waals surface area contributed by atoms with Gasteiger partial charge in [-0.2, -0.15) is 0 Å². The number of halogens is 1. The smallest absolute Gasteiger partial charge is 0.191 e. The standard InChI is InChI=1S/C19H24FN3O3S/c1-4-21-19(23-12-15-5-7-17(24)16(20)10-15)22-11-14-6-8-18(13(2)9-14)27(3,25)26/h5-10,24H,4,11-12H2,1-3H3,(H2,21,22,23). The highest BCUT2D eigenvalue weighted by atomic mass is 32.2. The number of hydrogen-bond acceptors (Lipinski definition) is 4. The van der Waals surface area contributed by atoms with E-state index in [9.17, 15) is 17.9 Å². The summed E-state index contributed by atoms with van der Waals surface area (Å²) in [6, 6.07) is 9.34. The van der Waals surface area contributed by atoms with Crippen molar-refractivity contribution in [1.29, 1.82) is 0 Å². The summed E-state index contributed by atoms with van der Waals surface area (Å²) in [5.41, 5.74) is 2.24. The van der Waals surface area contributed by atoms with Crippen LogP contribution in [0.3, 0.4) is 0 Å². The van der Waals surface area contributed by atoms with E-state index in [4.69, 9.17) is 0 Å². The lowest BCUT2D eigenvalue weighted by molar-refractivity contribution is 0.431. The molecule has 0 bridgehead atoms. The van der Waals surface area contributed by atoms with Crippen molar-refractivity contribution < 1.29 is 17.9 Å². The van der Waals surface area contributed by atoms with E-state index in [-0.39, 0.29) is 5.75 Å². The van der Waals surface area contributed by atoms with Gasteiger partial charge in [0, 0.05) is 19.3 Å². The summed E-state index contributed by atoms with van der Waals surface area (Å²) in [6.45, 7) is 5.05. The molecule has 6 nitrogen and oxygen atoms in total. The third-order valence-corrected chi connectivity index (χ3v) is 5.13. The van der Waals surface area contributed by atoms with E-state index in [0.29, 0.717) is 41.6 Å². The Hall–Kier alpha value is -2.61. The highest BCUT2D eigenvalue weighted by Crippen LogP contribution is 2.17. The number of nitrogens with one attached hydrogen (secondary N) is 2. The second kappa shape index (κ2) is 8.85. The Kier molecular flexibility index (Phi) is 6.79. The first-order valence-electron chi connectivity index (χ1n) is 8.50. The molecule has 2 aromatic carbocycles. The lowest BCUT2D eigenvalue weighted by atomic mass is 10.1. The fraction of sp³-hybridized carbons (Fsp3) is 0.316. The molecule has 0 aliphatic carbocycles. The number of aryl methyl sites for hydroxylation is 1. The fourth-order valence-electron chi connectivity index (χ4n) is 2.58. The zero-order valence-corrected chi connectivity index (χ0v) is 16.4. The normalized spacial score (nSPS) is 12.1. The first kappa shape index (κ1) is 20.7. The van der Waals surface area contributed by atoms with Gasteiger partial charge in [-0.15, -0.1) is 0 Å². The maximum absolute atomic E-state index is 13.4. The summed E-state index contributed by atoms with van der Waals surface area (Å²) in [4.78, 5) is 4.79. The van der Waals surface area contributed by atoms with E-state index in [2.05, 4.69) is 15.6 Å². The summed E-state index contributed by atoms with van der Waals surface area (Å²) in [5, 5.41) is 15.4. The van der Waals surface area contributed by atoms with Crippen LogP contribution in [0.5, 0.6) is 5.75 Å². The summed E-state index contributed by atoms with van der Waals surface area (Å²) < 4.78 is 36.8. The molecule has 0 amide bonds. The van der Waals surface area contributed by atoms with Crippen LogP contribution in [0.15, 0.2) is 46.3 Å². The maximum atomic E-state index is 13.4. The van der Waals surface area contributed by atoms with Gasteiger partial charge in [-0.1, -0.05) is 18.2 Å². The van der Waals surface area contributed by atoms with Crippen molar-refractivity contribution in [2.24, 2.45) is 4.99 Å². The number of phenols is 1. The fourth-order valence-corrected chi connectivity index (χ4v) is 3.54.